The Morgan fingerprint density at radius 1 is 1.04 bits per heavy atom. The van der Waals surface area contributed by atoms with E-state index in [2.05, 4.69) is 9.88 Å². The Morgan fingerprint density at radius 3 is 2.38 bits per heavy atom. The van der Waals surface area contributed by atoms with Crippen molar-refractivity contribution in [2.75, 3.05) is 13.1 Å². The second-order valence-corrected chi connectivity index (χ2v) is 6.90. The molecule has 2 aromatic carbocycles. The van der Waals surface area contributed by atoms with Crippen LogP contribution in [0.4, 0.5) is 8.78 Å². The summed E-state index contributed by atoms with van der Waals surface area (Å²) in [4.78, 5) is 17.3. The second kappa shape index (κ2) is 6.68. The molecule has 6 heteroatoms. The Labute approximate surface area is 150 Å². The number of fused-ring (bicyclic) bond motifs is 1. The number of hydrogen-bond acceptors (Lipinski definition) is 2. The van der Waals surface area contributed by atoms with Gasteiger partial charge < -0.3 is 4.98 Å². The van der Waals surface area contributed by atoms with Gasteiger partial charge >= 0.3 is 5.69 Å². The van der Waals surface area contributed by atoms with E-state index < -0.39 is 11.6 Å². The van der Waals surface area contributed by atoms with Gasteiger partial charge in [0.2, 0.25) is 0 Å². The molecular formula is C20H21F2N3O. The predicted octanol–water partition coefficient (Wildman–Crippen LogP) is 4.01. The molecule has 0 spiro atoms. The van der Waals surface area contributed by atoms with Gasteiger partial charge in [-0.2, -0.15) is 0 Å². The Kier molecular flexibility index (Phi) is 4.36. The normalized spacial score (nSPS) is 17.7. The van der Waals surface area contributed by atoms with Crippen LogP contribution in [0.2, 0.25) is 0 Å². The molecule has 4 nitrogen and oxygen atoms in total. The first kappa shape index (κ1) is 17.0. The van der Waals surface area contributed by atoms with Gasteiger partial charge in [0.15, 0.2) is 0 Å². The van der Waals surface area contributed by atoms with Gasteiger partial charge in [0.05, 0.1) is 11.0 Å². The lowest BCUT2D eigenvalue weighted by molar-refractivity contribution is 0.139. The van der Waals surface area contributed by atoms with Crippen molar-refractivity contribution in [1.29, 1.82) is 0 Å². The van der Waals surface area contributed by atoms with Crippen LogP contribution in [0.15, 0.2) is 47.3 Å². The number of aromatic amines is 1. The maximum Gasteiger partial charge on any atom is 0.326 e. The molecule has 1 N–H and O–H groups in total. The molecule has 0 aliphatic carbocycles. The SMILES string of the molecule is CC(c1c(F)cccc1F)N1CCC(n2c(=O)[nH]c3ccccc32)CC1. The Bertz CT molecular complexity index is 966. The number of benzene rings is 2. The fraction of sp³-hybridized carbons (Fsp3) is 0.350. The van der Waals surface area contributed by atoms with E-state index in [0.717, 1.165) is 23.9 Å². The highest BCUT2D eigenvalue weighted by molar-refractivity contribution is 5.75. The first-order valence-electron chi connectivity index (χ1n) is 8.93. The van der Waals surface area contributed by atoms with Crippen LogP contribution < -0.4 is 5.69 Å². The van der Waals surface area contributed by atoms with E-state index in [1.165, 1.54) is 18.2 Å². The minimum atomic E-state index is -0.507. The lowest BCUT2D eigenvalue weighted by Crippen LogP contribution is -2.38. The van der Waals surface area contributed by atoms with Crippen LogP contribution in [0.25, 0.3) is 11.0 Å². The van der Waals surface area contributed by atoms with E-state index in [-0.39, 0.29) is 23.3 Å². The van der Waals surface area contributed by atoms with E-state index in [9.17, 15) is 13.6 Å². The zero-order chi connectivity index (χ0) is 18.3. The number of likely N-dealkylation sites (tertiary alicyclic amines) is 1. The molecule has 4 rings (SSSR count). The summed E-state index contributed by atoms with van der Waals surface area (Å²) in [6.07, 6.45) is 1.53. The zero-order valence-electron chi connectivity index (χ0n) is 14.6. The predicted molar refractivity (Wildman–Crippen MR) is 97.2 cm³/mol. The molecule has 0 radical (unpaired) electrons. The molecule has 1 aliphatic heterocycles. The fourth-order valence-electron chi connectivity index (χ4n) is 4.06. The minimum absolute atomic E-state index is 0.0903. The van der Waals surface area contributed by atoms with Gasteiger partial charge in [0.25, 0.3) is 0 Å². The van der Waals surface area contributed by atoms with Crippen LogP contribution in [-0.4, -0.2) is 27.5 Å². The molecule has 0 saturated carbocycles. The van der Waals surface area contributed by atoms with Gasteiger partial charge in [0.1, 0.15) is 11.6 Å². The maximum absolute atomic E-state index is 14.1. The number of piperidine rings is 1. The Hall–Kier alpha value is -2.47. The second-order valence-electron chi connectivity index (χ2n) is 6.90. The van der Waals surface area contributed by atoms with E-state index in [4.69, 9.17) is 0 Å². The number of imidazole rings is 1. The summed E-state index contributed by atoms with van der Waals surface area (Å²) in [7, 11) is 0. The first-order chi connectivity index (χ1) is 12.6. The van der Waals surface area contributed by atoms with E-state index in [1.807, 2.05) is 35.8 Å². The van der Waals surface area contributed by atoms with Gasteiger partial charge in [-0.05, 0) is 44.0 Å². The van der Waals surface area contributed by atoms with E-state index in [1.54, 1.807) is 0 Å². The number of nitrogens with one attached hydrogen (secondary N) is 1. The maximum atomic E-state index is 14.1. The van der Waals surface area contributed by atoms with Gasteiger partial charge in [-0.25, -0.2) is 13.6 Å². The average molecular weight is 357 g/mol. The third kappa shape index (κ3) is 2.84. The van der Waals surface area contributed by atoms with Gasteiger partial charge in [-0.3, -0.25) is 9.47 Å². The van der Waals surface area contributed by atoms with Crippen molar-refractivity contribution in [3.8, 4) is 0 Å². The third-order valence-electron chi connectivity index (χ3n) is 5.45. The number of H-pyrrole nitrogens is 1. The number of rotatable bonds is 3. The zero-order valence-corrected chi connectivity index (χ0v) is 14.6. The van der Waals surface area contributed by atoms with Crippen molar-refractivity contribution >= 4 is 11.0 Å². The summed E-state index contributed by atoms with van der Waals surface area (Å²) in [6.45, 7) is 3.21. The number of nitrogens with zero attached hydrogens (tertiary/aromatic N) is 2. The van der Waals surface area contributed by atoms with Crippen LogP contribution >= 0.6 is 0 Å². The molecule has 1 saturated heterocycles. The molecule has 0 bridgehead atoms. The van der Waals surface area contributed by atoms with Crippen molar-refractivity contribution < 1.29 is 8.78 Å². The summed E-state index contributed by atoms with van der Waals surface area (Å²) in [5.41, 5.74) is 1.76. The van der Waals surface area contributed by atoms with Crippen LogP contribution in [-0.2, 0) is 0 Å². The van der Waals surface area contributed by atoms with Crippen LogP contribution in [0.1, 0.15) is 37.4 Å². The van der Waals surface area contributed by atoms with Gasteiger partial charge in [-0.1, -0.05) is 18.2 Å². The molecule has 1 fully saturated rings. The summed E-state index contributed by atoms with van der Waals surface area (Å²) in [5, 5.41) is 0. The number of hydrogen-bond donors (Lipinski definition) is 1. The molecule has 1 atom stereocenters. The molecule has 3 aromatic rings. The first-order valence-corrected chi connectivity index (χ1v) is 8.93. The fourth-order valence-corrected chi connectivity index (χ4v) is 4.06. The lowest BCUT2D eigenvalue weighted by atomic mass is 9.99. The van der Waals surface area contributed by atoms with Crippen LogP contribution in [0, 0.1) is 11.6 Å². The number of halogens is 2. The molecule has 1 aromatic heterocycles. The average Bonchev–Trinajstić information content (AvgIpc) is 2.97. The molecule has 1 aliphatic rings. The molecule has 0 amide bonds. The molecular weight excluding hydrogens is 336 g/mol. The highest BCUT2D eigenvalue weighted by Gasteiger charge is 2.28. The summed E-state index contributed by atoms with van der Waals surface area (Å²) < 4.78 is 30.0. The Balaban J connectivity index is 1.54. The summed E-state index contributed by atoms with van der Waals surface area (Å²) >= 11 is 0. The molecule has 26 heavy (non-hydrogen) atoms. The van der Waals surface area contributed by atoms with E-state index >= 15 is 0 Å². The quantitative estimate of drug-likeness (QED) is 0.770. The highest BCUT2D eigenvalue weighted by Crippen LogP contribution is 2.31. The molecule has 2 heterocycles. The Morgan fingerprint density at radius 2 is 1.69 bits per heavy atom. The van der Waals surface area contributed by atoms with Crippen molar-refractivity contribution in [1.82, 2.24) is 14.5 Å². The van der Waals surface area contributed by atoms with Crippen LogP contribution in [0.5, 0.6) is 0 Å². The van der Waals surface area contributed by atoms with Crippen molar-refractivity contribution in [2.45, 2.75) is 31.8 Å². The minimum Gasteiger partial charge on any atom is -0.306 e. The van der Waals surface area contributed by atoms with E-state index in [0.29, 0.717) is 13.1 Å². The number of aromatic nitrogens is 2. The van der Waals surface area contributed by atoms with Gasteiger partial charge in [-0.15, -0.1) is 0 Å². The van der Waals surface area contributed by atoms with Crippen molar-refractivity contribution in [3.63, 3.8) is 0 Å². The smallest absolute Gasteiger partial charge is 0.306 e. The monoisotopic (exact) mass is 357 g/mol. The third-order valence-corrected chi connectivity index (χ3v) is 5.45. The van der Waals surface area contributed by atoms with Crippen molar-refractivity contribution in [3.05, 3.63) is 70.1 Å². The van der Waals surface area contributed by atoms with Crippen LogP contribution in [0.3, 0.4) is 0 Å². The van der Waals surface area contributed by atoms with Crippen molar-refractivity contribution in [2.24, 2.45) is 0 Å². The standard InChI is InChI=1S/C20H21F2N3O/c1-13(19-15(21)5-4-6-16(19)22)24-11-9-14(10-12-24)25-18-8-3-2-7-17(18)23-20(25)26/h2-8,13-14H,9-12H2,1H3,(H,23,26). The lowest BCUT2D eigenvalue weighted by Gasteiger charge is -2.36. The van der Waals surface area contributed by atoms with Gasteiger partial charge in [0, 0.05) is 30.7 Å². The summed E-state index contributed by atoms with van der Waals surface area (Å²) in [6, 6.07) is 11.4. The topological polar surface area (TPSA) is 41.0 Å². The molecule has 136 valence electrons. The highest BCUT2D eigenvalue weighted by atomic mass is 19.1. The largest absolute Gasteiger partial charge is 0.326 e. The summed E-state index contributed by atoms with van der Waals surface area (Å²) in [5.74, 6) is -1.01. The number of para-hydroxylation sites is 2. The molecule has 1 unspecified atom stereocenters.